The minimum Gasteiger partial charge on any atom is -0.381 e. The third-order valence-corrected chi connectivity index (χ3v) is 7.12. The minimum atomic E-state index is -3.15. The number of ether oxygens (including phenoxy) is 1. The number of nitrogens with zero attached hydrogens (tertiary/aromatic N) is 1. The summed E-state index contributed by atoms with van der Waals surface area (Å²) in [7, 11) is -3.15. The van der Waals surface area contributed by atoms with E-state index >= 15 is 0 Å². The molecule has 3 unspecified atom stereocenters. The standard InChI is InChI=1S/C12H22N2O3S/c1-9-6-10-7-13-8-12(10)14(9)18(15,16)11-2-4-17-5-3-11/h9-13H,2-8H2,1H3. The van der Waals surface area contributed by atoms with E-state index in [1.165, 1.54) is 0 Å². The molecule has 0 aromatic heterocycles. The molecule has 3 atom stereocenters. The normalized spacial score (nSPS) is 39.1. The lowest BCUT2D eigenvalue weighted by Gasteiger charge is -2.32. The van der Waals surface area contributed by atoms with Crippen LogP contribution in [0, 0.1) is 5.92 Å². The predicted octanol–water partition coefficient (Wildman–Crippen LogP) is 0.177. The molecule has 0 spiro atoms. The Morgan fingerprint density at radius 2 is 1.94 bits per heavy atom. The molecule has 18 heavy (non-hydrogen) atoms. The highest BCUT2D eigenvalue weighted by atomic mass is 32.2. The highest BCUT2D eigenvalue weighted by molar-refractivity contribution is 7.89. The van der Waals surface area contributed by atoms with E-state index in [-0.39, 0.29) is 17.3 Å². The maximum atomic E-state index is 12.8. The SMILES string of the molecule is CC1CC2CNCC2N1S(=O)(=O)C1CCOCC1. The quantitative estimate of drug-likeness (QED) is 0.780. The van der Waals surface area contributed by atoms with Gasteiger partial charge in [-0.15, -0.1) is 0 Å². The van der Waals surface area contributed by atoms with Crippen molar-refractivity contribution in [3.8, 4) is 0 Å². The fraction of sp³-hybridized carbons (Fsp3) is 1.00. The second kappa shape index (κ2) is 4.74. The van der Waals surface area contributed by atoms with E-state index in [0.717, 1.165) is 19.5 Å². The molecule has 0 saturated carbocycles. The van der Waals surface area contributed by atoms with Crippen molar-refractivity contribution in [3.63, 3.8) is 0 Å². The first-order valence-corrected chi connectivity index (χ1v) is 8.42. The Bertz CT molecular complexity index is 406. The zero-order valence-electron chi connectivity index (χ0n) is 10.8. The summed E-state index contributed by atoms with van der Waals surface area (Å²) in [6.45, 7) is 5.00. The molecular formula is C12H22N2O3S. The smallest absolute Gasteiger partial charge is 0.217 e. The molecule has 0 radical (unpaired) electrons. The fourth-order valence-electron chi connectivity index (χ4n) is 3.71. The number of sulfonamides is 1. The van der Waals surface area contributed by atoms with Crippen molar-refractivity contribution < 1.29 is 13.2 Å². The number of nitrogens with one attached hydrogen (secondary N) is 1. The average molecular weight is 274 g/mol. The summed E-state index contributed by atoms with van der Waals surface area (Å²) >= 11 is 0. The van der Waals surface area contributed by atoms with Crippen molar-refractivity contribution >= 4 is 10.0 Å². The van der Waals surface area contributed by atoms with E-state index in [9.17, 15) is 8.42 Å². The Labute approximate surface area is 109 Å². The highest BCUT2D eigenvalue weighted by Gasteiger charge is 2.49. The third kappa shape index (κ3) is 1.99. The summed E-state index contributed by atoms with van der Waals surface area (Å²) in [5, 5.41) is 3.09. The van der Waals surface area contributed by atoms with Crippen LogP contribution in [0.1, 0.15) is 26.2 Å². The van der Waals surface area contributed by atoms with Crippen LogP contribution in [0.15, 0.2) is 0 Å². The molecule has 5 nitrogen and oxygen atoms in total. The van der Waals surface area contributed by atoms with Crippen LogP contribution < -0.4 is 5.32 Å². The number of rotatable bonds is 2. The van der Waals surface area contributed by atoms with E-state index < -0.39 is 10.0 Å². The minimum absolute atomic E-state index is 0.162. The van der Waals surface area contributed by atoms with Crippen LogP contribution >= 0.6 is 0 Å². The van der Waals surface area contributed by atoms with Crippen LogP contribution in [0.3, 0.4) is 0 Å². The van der Waals surface area contributed by atoms with Gasteiger partial charge in [-0.3, -0.25) is 0 Å². The molecule has 0 bridgehead atoms. The first-order valence-electron chi connectivity index (χ1n) is 6.91. The van der Waals surface area contributed by atoms with E-state index in [0.29, 0.717) is 32.0 Å². The summed E-state index contributed by atoms with van der Waals surface area (Å²) < 4.78 is 32.7. The topological polar surface area (TPSA) is 58.6 Å². The second-order valence-corrected chi connectivity index (χ2v) is 7.88. The van der Waals surface area contributed by atoms with Crippen LogP contribution in [0.5, 0.6) is 0 Å². The first-order chi connectivity index (χ1) is 8.60. The second-order valence-electron chi connectivity index (χ2n) is 5.76. The Balaban J connectivity index is 1.83. The summed E-state index contributed by atoms with van der Waals surface area (Å²) in [4.78, 5) is 0. The number of hydrogen-bond donors (Lipinski definition) is 1. The van der Waals surface area contributed by atoms with Crippen molar-refractivity contribution in [1.82, 2.24) is 9.62 Å². The van der Waals surface area contributed by atoms with E-state index in [1.807, 2.05) is 4.31 Å². The van der Waals surface area contributed by atoms with Gasteiger partial charge in [0.25, 0.3) is 0 Å². The van der Waals surface area contributed by atoms with Crippen molar-refractivity contribution in [3.05, 3.63) is 0 Å². The van der Waals surface area contributed by atoms with Gasteiger partial charge in [0.1, 0.15) is 0 Å². The van der Waals surface area contributed by atoms with E-state index in [4.69, 9.17) is 4.74 Å². The van der Waals surface area contributed by atoms with Gasteiger partial charge in [-0.05, 0) is 38.6 Å². The Kier molecular flexibility index (Phi) is 3.38. The Morgan fingerprint density at radius 3 is 2.67 bits per heavy atom. The predicted molar refractivity (Wildman–Crippen MR) is 68.8 cm³/mol. The van der Waals surface area contributed by atoms with Gasteiger partial charge in [-0.2, -0.15) is 4.31 Å². The van der Waals surface area contributed by atoms with Gasteiger partial charge in [0.05, 0.1) is 5.25 Å². The highest BCUT2D eigenvalue weighted by Crippen LogP contribution is 2.36. The van der Waals surface area contributed by atoms with Crippen molar-refractivity contribution in [2.45, 2.75) is 43.5 Å². The molecule has 3 rings (SSSR count). The van der Waals surface area contributed by atoms with Crippen molar-refractivity contribution in [2.24, 2.45) is 5.92 Å². The maximum Gasteiger partial charge on any atom is 0.217 e. The van der Waals surface area contributed by atoms with Gasteiger partial charge in [0.2, 0.25) is 10.0 Å². The summed E-state index contributed by atoms with van der Waals surface area (Å²) in [6.07, 6.45) is 2.30. The molecule has 0 aromatic carbocycles. The Hall–Kier alpha value is -0.170. The van der Waals surface area contributed by atoms with Gasteiger partial charge in [0, 0.05) is 31.8 Å². The first kappa shape index (κ1) is 12.8. The largest absolute Gasteiger partial charge is 0.381 e. The zero-order chi connectivity index (χ0) is 12.8. The molecule has 104 valence electrons. The molecule has 0 aliphatic carbocycles. The maximum absolute atomic E-state index is 12.8. The molecule has 3 fully saturated rings. The monoisotopic (exact) mass is 274 g/mol. The van der Waals surface area contributed by atoms with Crippen LogP contribution in [0.4, 0.5) is 0 Å². The van der Waals surface area contributed by atoms with Gasteiger partial charge >= 0.3 is 0 Å². The average Bonchev–Trinajstić information content (AvgIpc) is 2.89. The zero-order valence-corrected chi connectivity index (χ0v) is 11.7. The third-order valence-electron chi connectivity index (χ3n) is 4.59. The molecular weight excluding hydrogens is 252 g/mol. The molecule has 3 aliphatic rings. The lowest BCUT2D eigenvalue weighted by atomic mass is 10.0. The van der Waals surface area contributed by atoms with Crippen molar-refractivity contribution in [2.75, 3.05) is 26.3 Å². The Morgan fingerprint density at radius 1 is 1.22 bits per heavy atom. The summed E-state index contributed by atoms with van der Waals surface area (Å²) in [6, 6.07) is 0.350. The van der Waals surface area contributed by atoms with Crippen LogP contribution in [-0.4, -0.2) is 56.4 Å². The summed E-state index contributed by atoms with van der Waals surface area (Å²) in [5.41, 5.74) is 0. The van der Waals surface area contributed by atoms with Gasteiger partial charge in [0.15, 0.2) is 0 Å². The fourth-order valence-corrected chi connectivity index (χ4v) is 6.06. The van der Waals surface area contributed by atoms with Gasteiger partial charge < -0.3 is 10.1 Å². The van der Waals surface area contributed by atoms with E-state index in [2.05, 4.69) is 12.2 Å². The number of fused-ring (bicyclic) bond motifs is 1. The lowest BCUT2D eigenvalue weighted by Crippen LogP contribution is -2.48. The molecule has 6 heteroatoms. The molecule has 3 heterocycles. The molecule has 3 aliphatic heterocycles. The van der Waals surface area contributed by atoms with Crippen molar-refractivity contribution in [1.29, 1.82) is 0 Å². The van der Waals surface area contributed by atoms with Gasteiger partial charge in [-0.1, -0.05) is 0 Å². The number of hydrogen-bond acceptors (Lipinski definition) is 4. The van der Waals surface area contributed by atoms with E-state index in [1.54, 1.807) is 0 Å². The molecule has 0 aromatic rings. The van der Waals surface area contributed by atoms with Crippen LogP contribution in [-0.2, 0) is 14.8 Å². The molecule has 3 saturated heterocycles. The molecule has 0 amide bonds. The van der Waals surface area contributed by atoms with Crippen LogP contribution in [0.2, 0.25) is 0 Å². The van der Waals surface area contributed by atoms with Gasteiger partial charge in [-0.25, -0.2) is 8.42 Å². The summed E-state index contributed by atoms with van der Waals surface area (Å²) in [5.74, 6) is 0.509. The molecule has 1 N–H and O–H groups in total. The van der Waals surface area contributed by atoms with Crippen LogP contribution in [0.25, 0.3) is 0 Å². The lowest BCUT2D eigenvalue weighted by molar-refractivity contribution is 0.0967.